The first-order chi connectivity index (χ1) is 11.7. The molecule has 0 aromatic heterocycles. The molecule has 0 heterocycles. The van der Waals surface area contributed by atoms with Gasteiger partial charge in [0.15, 0.2) is 0 Å². The van der Waals surface area contributed by atoms with Crippen molar-refractivity contribution >= 4 is 0 Å². The number of unbranched alkanes of at least 4 members (excludes halogenated alkanes) is 3. The Morgan fingerprint density at radius 2 is 1.04 bits per heavy atom. The summed E-state index contributed by atoms with van der Waals surface area (Å²) in [6.45, 7) is 17.2. The van der Waals surface area contributed by atoms with Crippen molar-refractivity contribution in [2.75, 3.05) is 19.8 Å². The van der Waals surface area contributed by atoms with Crippen molar-refractivity contribution in [3.05, 3.63) is 22.8 Å². The third-order valence-electron chi connectivity index (χ3n) is 4.06. The standard InChI is InChI=1S/C10H15.3C4H9O.Ti/c1-7-6-10(4,5)9(3)8(7)2;3*1-2-3-4-5;/h1-5H3;3*2-4H2,1H3;/q4*-1;+4. The van der Waals surface area contributed by atoms with E-state index in [-0.39, 0.29) is 47.0 Å². The minimum Gasteiger partial charge on any atom is -0.854 e. The molecule has 0 spiro atoms. The second kappa shape index (κ2) is 23.1. The van der Waals surface area contributed by atoms with Crippen LogP contribution in [0.2, 0.25) is 0 Å². The molecule has 152 valence electrons. The average molecular weight is 402 g/mol. The van der Waals surface area contributed by atoms with Gasteiger partial charge in [-0.2, -0.15) is 11.1 Å². The molecule has 4 heteroatoms. The van der Waals surface area contributed by atoms with Gasteiger partial charge < -0.3 is 15.3 Å². The van der Waals surface area contributed by atoms with Crippen LogP contribution in [0.1, 0.15) is 93.9 Å². The Balaban J connectivity index is -0.000000132. The van der Waals surface area contributed by atoms with E-state index in [1.807, 2.05) is 20.8 Å². The van der Waals surface area contributed by atoms with Gasteiger partial charge >= 0.3 is 21.7 Å². The summed E-state index contributed by atoms with van der Waals surface area (Å²) in [4.78, 5) is 0. The summed E-state index contributed by atoms with van der Waals surface area (Å²) in [5.74, 6) is 0. The van der Waals surface area contributed by atoms with Gasteiger partial charge in [-0.05, 0) is 0 Å². The van der Waals surface area contributed by atoms with E-state index >= 15 is 0 Å². The SMILES string of the molecule is CC1=[C-]C(C)(C)C(C)=C1C.CCCC[O-].CCCC[O-].CCCC[O-].[Ti+4]. The molecule has 0 aromatic rings. The summed E-state index contributed by atoms with van der Waals surface area (Å²) in [6, 6.07) is 0. The molecule has 0 bridgehead atoms. The maximum atomic E-state index is 9.53. The topological polar surface area (TPSA) is 69.2 Å². The molecule has 1 aliphatic rings. The van der Waals surface area contributed by atoms with E-state index in [4.69, 9.17) is 0 Å². The molecule has 0 N–H and O–H groups in total. The Labute approximate surface area is 178 Å². The molecule has 0 atom stereocenters. The van der Waals surface area contributed by atoms with Crippen LogP contribution in [0.25, 0.3) is 0 Å². The van der Waals surface area contributed by atoms with Gasteiger partial charge in [-0.3, -0.25) is 6.08 Å². The maximum Gasteiger partial charge on any atom is 4.00 e. The van der Waals surface area contributed by atoms with E-state index in [9.17, 15) is 15.3 Å². The Hall–Kier alpha value is 0.0743. The summed E-state index contributed by atoms with van der Waals surface area (Å²) in [5.41, 5.74) is 4.39. The fraction of sp³-hybridized carbons (Fsp3) is 0.818. The monoisotopic (exact) mass is 402 g/mol. The van der Waals surface area contributed by atoms with E-state index in [2.05, 4.69) is 40.7 Å². The second-order valence-electron chi connectivity index (χ2n) is 6.80. The van der Waals surface area contributed by atoms with Crippen molar-refractivity contribution in [2.45, 2.75) is 93.9 Å². The Bertz CT molecular complexity index is 327. The molecule has 26 heavy (non-hydrogen) atoms. The molecule has 0 amide bonds. The minimum absolute atomic E-state index is 0. The van der Waals surface area contributed by atoms with Gasteiger partial charge in [-0.1, -0.05) is 92.4 Å². The minimum atomic E-state index is 0. The molecular formula is C22H42O3Ti. The zero-order chi connectivity index (χ0) is 20.3. The first-order valence-corrected chi connectivity index (χ1v) is 9.74. The number of rotatable bonds is 6. The Morgan fingerprint density at radius 1 is 0.731 bits per heavy atom. The van der Waals surface area contributed by atoms with Crippen molar-refractivity contribution in [1.29, 1.82) is 0 Å². The summed E-state index contributed by atoms with van der Waals surface area (Å²) < 4.78 is 0. The smallest absolute Gasteiger partial charge is 0.854 e. The van der Waals surface area contributed by atoms with Crippen molar-refractivity contribution in [3.63, 3.8) is 0 Å². The van der Waals surface area contributed by atoms with Crippen LogP contribution in [0.3, 0.4) is 0 Å². The van der Waals surface area contributed by atoms with Crippen LogP contribution in [0.15, 0.2) is 16.7 Å². The molecule has 3 nitrogen and oxygen atoms in total. The molecular weight excluding hydrogens is 360 g/mol. The average Bonchev–Trinajstić information content (AvgIpc) is 2.73. The van der Waals surface area contributed by atoms with E-state index in [1.54, 1.807) is 0 Å². The van der Waals surface area contributed by atoms with Gasteiger partial charge in [-0.25, -0.2) is 5.57 Å². The zero-order valence-electron chi connectivity index (χ0n) is 18.6. The fourth-order valence-electron chi connectivity index (χ4n) is 1.84. The molecule has 0 saturated carbocycles. The first-order valence-electron chi connectivity index (χ1n) is 9.74. The molecule has 0 saturated heterocycles. The summed E-state index contributed by atoms with van der Waals surface area (Å²) in [5, 5.41) is 28.6. The van der Waals surface area contributed by atoms with Gasteiger partial charge in [0.2, 0.25) is 0 Å². The van der Waals surface area contributed by atoms with Gasteiger partial charge in [0.05, 0.1) is 0 Å². The predicted octanol–water partition coefficient (Wildman–Crippen LogP) is 3.55. The number of hydrogen-bond donors (Lipinski definition) is 0. The van der Waals surface area contributed by atoms with Crippen LogP contribution in [0.5, 0.6) is 0 Å². The van der Waals surface area contributed by atoms with Crippen LogP contribution >= 0.6 is 0 Å². The zero-order valence-corrected chi connectivity index (χ0v) is 20.2. The largest absolute Gasteiger partial charge is 4.00 e. The van der Waals surface area contributed by atoms with Crippen LogP contribution < -0.4 is 15.3 Å². The number of allylic oxidation sites excluding steroid dienone is 4. The van der Waals surface area contributed by atoms with Crippen molar-refractivity contribution in [2.24, 2.45) is 5.41 Å². The van der Waals surface area contributed by atoms with Crippen LogP contribution in [0, 0.1) is 11.5 Å². The van der Waals surface area contributed by atoms with E-state index in [0.29, 0.717) is 0 Å². The summed E-state index contributed by atoms with van der Waals surface area (Å²) in [6.07, 6.45) is 9.03. The molecule has 0 aliphatic heterocycles. The number of hydrogen-bond acceptors (Lipinski definition) is 3. The maximum absolute atomic E-state index is 9.53. The normalized spacial score (nSPS) is 13.9. The summed E-state index contributed by atoms with van der Waals surface area (Å²) in [7, 11) is 0. The molecule has 1 rings (SSSR count). The van der Waals surface area contributed by atoms with Gasteiger partial charge in [0, 0.05) is 0 Å². The van der Waals surface area contributed by atoms with Gasteiger partial charge in [0.1, 0.15) is 0 Å². The quantitative estimate of drug-likeness (QED) is 0.504. The van der Waals surface area contributed by atoms with Crippen molar-refractivity contribution < 1.29 is 37.0 Å². The van der Waals surface area contributed by atoms with E-state index < -0.39 is 0 Å². The summed E-state index contributed by atoms with van der Waals surface area (Å²) >= 11 is 0. The van der Waals surface area contributed by atoms with Crippen LogP contribution in [-0.2, 0) is 21.7 Å². The molecule has 0 fully saturated rings. The van der Waals surface area contributed by atoms with Crippen LogP contribution in [-0.4, -0.2) is 19.8 Å². The molecule has 0 unspecified atom stereocenters. The van der Waals surface area contributed by atoms with E-state index in [0.717, 1.165) is 38.5 Å². The van der Waals surface area contributed by atoms with Gasteiger partial charge in [-0.15, -0.1) is 26.7 Å². The first kappa shape index (κ1) is 33.6. The predicted molar refractivity (Wildman–Crippen MR) is 104 cm³/mol. The van der Waals surface area contributed by atoms with Crippen molar-refractivity contribution in [1.82, 2.24) is 0 Å². The van der Waals surface area contributed by atoms with Crippen LogP contribution in [0.4, 0.5) is 0 Å². The Morgan fingerprint density at radius 3 is 1.08 bits per heavy atom. The molecule has 0 aromatic carbocycles. The van der Waals surface area contributed by atoms with E-state index in [1.165, 1.54) is 16.7 Å². The fourth-order valence-corrected chi connectivity index (χ4v) is 1.84. The Kier molecular flexibility index (Phi) is 29.9. The third kappa shape index (κ3) is 20.4. The van der Waals surface area contributed by atoms with Crippen molar-refractivity contribution in [3.8, 4) is 0 Å². The third-order valence-corrected chi connectivity index (χ3v) is 4.06. The second-order valence-corrected chi connectivity index (χ2v) is 6.80. The molecule has 0 radical (unpaired) electrons. The molecule has 1 aliphatic carbocycles. The van der Waals surface area contributed by atoms with Gasteiger partial charge in [0.25, 0.3) is 0 Å².